The number of alkyl halides is 3. The summed E-state index contributed by atoms with van der Waals surface area (Å²) in [6.07, 6.45) is -4.39. The SMILES string of the molecule is Fc1ccc2ccc(C(F)(F)F)cc2c1. The average Bonchev–Trinajstić information content (AvgIpc) is 2.15. The van der Waals surface area contributed by atoms with Gasteiger partial charge in [-0.2, -0.15) is 13.2 Å². The summed E-state index contributed by atoms with van der Waals surface area (Å²) in [5.41, 5.74) is -0.763. The molecule has 2 aromatic carbocycles. The quantitative estimate of drug-likeness (QED) is 0.581. The van der Waals surface area contributed by atoms with E-state index in [9.17, 15) is 17.6 Å². The summed E-state index contributed by atoms with van der Waals surface area (Å²) in [6, 6.07) is 7.02. The lowest BCUT2D eigenvalue weighted by atomic mass is 10.1. The second-order valence-corrected chi connectivity index (χ2v) is 3.20. The van der Waals surface area contributed by atoms with Crippen molar-refractivity contribution >= 4 is 10.8 Å². The fraction of sp³-hybridized carbons (Fsp3) is 0.0909. The predicted molar refractivity (Wildman–Crippen MR) is 48.9 cm³/mol. The van der Waals surface area contributed by atoms with Gasteiger partial charge >= 0.3 is 6.18 Å². The fourth-order valence-electron chi connectivity index (χ4n) is 1.39. The Morgan fingerprint density at radius 1 is 0.800 bits per heavy atom. The summed E-state index contributed by atoms with van der Waals surface area (Å²) < 4.78 is 49.8. The summed E-state index contributed by atoms with van der Waals surface area (Å²) in [5.74, 6) is -0.540. The molecule has 2 aromatic rings. The molecule has 0 radical (unpaired) electrons. The smallest absolute Gasteiger partial charge is 0.207 e. The van der Waals surface area contributed by atoms with Gasteiger partial charge in [0.2, 0.25) is 0 Å². The van der Waals surface area contributed by atoms with Crippen LogP contribution in [0.15, 0.2) is 36.4 Å². The third-order valence-electron chi connectivity index (χ3n) is 2.13. The molecule has 0 aliphatic heterocycles. The molecule has 0 fully saturated rings. The molecule has 0 spiro atoms. The lowest BCUT2D eigenvalue weighted by Gasteiger charge is -2.07. The summed E-state index contributed by atoms with van der Waals surface area (Å²) in [4.78, 5) is 0. The van der Waals surface area contributed by atoms with Crippen LogP contribution in [-0.2, 0) is 6.18 Å². The zero-order valence-corrected chi connectivity index (χ0v) is 7.48. The van der Waals surface area contributed by atoms with Gasteiger partial charge in [-0.25, -0.2) is 4.39 Å². The molecule has 0 N–H and O–H groups in total. The van der Waals surface area contributed by atoms with E-state index < -0.39 is 17.6 Å². The highest BCUT2D eigenvalue weighted by molar-refractivity contribution is 5.83. The highest BCUT2D eigenvalue weighted by Gasteiger charge is 2.30. The van der Waals surface area contributed by atoms with Crippen LogP contribution in [-0.4, -0.2) is 0 Å². The molecule has 0 aliphatic rings. The Morgan fingerprint density at radius 2 is 1.47 bits per heavy atom. The van der Waals surface area contributed by atoms with Crippen molar-refractivity contribution in [3.8, 4) is 0 Å². The number of fused-ring (bicyclic) bond motifs is 1. The second-order valence-electron chi connectivity index (χ2n) is 3.20. The lowest BCUT2D eigenvalue weighted by molar-refractivity contribution is -0.137. The molecule has 0 bridgehead atoms. The highest BCUT2D eigenvalue weighted by Crippen LogP contribution is 2.31. The van der Waals surface area contributed by atoms with E-state index in [1.165, 1.54) is 18.2 Å². The van der Waals surface area contributed by atoms with E-state index in [2.05, 4.69) is 0 Å². The van der Waals surface area contributed by atoms with Crippen molar-refractivity contribution < 1.29 is 17.6 Å². The van der Waals surface area contributed by atoms with Gasteiger partial charge in [-0.1, -0.05) is 12.1 Å². The molecule has 0 unspecified atom stereocenters. The van der Waals surface area contributed by atoms with Gasteiger partial charge in [0.05, 0.1) is 5.56 Å². The first-order valence-electron chi connectivity index (χ1n) is 4.23. The molecular weight excluding hydrogens is 208 g/mol. The van der Waals surface area contributed by atoms with E-state index >= 15 is 0 Å². The van der Waals surface area contributed by atoms with Gasteiger partial charge in [-0.15, -0.1) is 0 Å². The Hall–Kier alpha value is -1.58. The molecule has 0 aromatic heterocycles. The van der Waals surface area contributed by atoms with E-state index in [0.717, 1.165) is 18.2 Å². The second kappa shape index (κ2) is 3.22. The molecule has 78 valence electrons. The van der Waals surface area contributed by atoms with Crippen LogP contribution in [0.4, 0.5) is 17.6 Å². The van der Waals surface area contributed by atoms with Gasteiger partial charge in [-0.05, 0) is 35.0 Å². The summed E-state index contributed by atoms with van der Waals surface area (Å²) in [7, 11) is 0. The maximum absolute atomic E-state index is 12.8. The van der Waals surface area contributed by atoms with Crippen molar-refractivity contribution in [3.05, 3.63) is 47.8 Å². The molecule has 0 amide bonds. The zero-order chi connectivity index (χ0) is 11.1. The Balaban J connectivity index is 2.64. The Bertz CT molecular complexity index is 499. The number of hydrogen-bond acceptors (Lipinski definition) is 0. The normalized spacial score (nSPS) is 12.0. The first-order chi connectivity index (χ1) is 6.97. The van der Waals surface area contributed by atoms with Gasteiger partial charge < -0.3 is 0 Å². The topological polar surface area (TPSA) is 0 Å². The minimum absolute atomic E-state index is 0.254. The molecular formula is C11H6F4. The summed E-state index contributed by atoms with van der Waals surface area (Å²) in [5, 5.41) is 0.842. The zero-order valence-electron chi connectivity index (χ0n) is 7.48. The Kier molecular flexibility index (Phi) is 2.14. The van der Waals surface area contributed by atoms with Crippen LogP contribution in [0.2, 0.25) is 0 Å². The molecule has 4 heteroatoms. The van der Waals surface area contributed by atoms with E-state index in [1.807, 2.05) is 0 Å². The minimum atomic E-state index is -4.39. The molecule has 0 aliphatic carbocycles. The maximum Gasteiger partial charge on any atom is 0.416 e. The summed E-state index contributed by atoms with van der Waals surface area (Å²) >= 11 is 0. The van der Waals surface area contributed by atoms with Crippen LogP contribution in [0.3, 0.4) is 0 Å². The number of benzene rings is 2. The minimum Gasteiger partial charge on any atom is -0.207 e. The number of halogens is 4. The van der Waals surface area contributed by atoms with Crippen LogP contribution < -0.4 is 0 Å². The standard InChI is InChI=1S/C11H6F4/c12-10-4-2-7-1-3-9(11(13,14)15)5-8(7)6-10/h1-6H. The van der Waals surface area contributed by atoms with E-state index in [1.54, 1.807) is 0 Å². The maximum atomic E-state index is 12.8. The number of rotatable bonds is 0. The largest absolute Gasteiger partial charge is 0.416 e. The molecule has 0 heterocycles. The summed E-state index contributed by atoms with van der Waals surface area (Å²) in [6.45, 7) is 0. The Morgan fingerprint density at radius 3 is 2.13 bits per heavy atom. The van der Waals surface area contributed by atoms with Gasteiger partial charge in [0, 0.05) is 0 Å². The van der Waals surface area contributed by atoms with Gasteiger partial charge in [-0.3, -0.25) is 0 Å². The van der Waals surface area contributed by atoms with E-state index in [-0.39, 0.29) is 5.39 Å². The van der Waals surface area contributed by atoms with Crippen molar-refractivity contribution in [2.24, 2.45) is 0 Å². The van der Waals surface area contributed by atoms with Crippen molar-refractivity contribution in [1.29, 1.82) is 0 Å². The molecule has 15 heavy (non-hydrogen) atoms. The van der Waals surface area contributed by atoms with Crippen LogP contribution in [0.1, 0.15) is 5.56 Å². The van der Waals surface area contributed by atoms with Crippen molar-refractivity contribution in [2.45, 2.75) is 6.18 Å². The van der Waals surface area contributed by atoms with Gasteiger partial charge in [0.15, 0.2) is 0 Å². The molecule has 0 saturated carbocycles. The van der Waals surface area contributed by atoms with Crippen LogP contribution >= 0.6 is 0 Å². The highest BCUT2D eigenvalue weighted by atomic mass is 19.4. The average molecular weight is 214 g/mol. The Labute approximate surface area is 83.1 Å². The van der Waals surface area contributed by atoms with E-state index in [0.29, 0.717) is 5.39 Å². The predicted octanol–water partition coefficient (Wildman–Crippen LogP) is 4.00. The lowest BCUT2D eigenvalue weighted by Crippen LogP contribution is -2.04. The molecule has 0 nitrogen and oxygen atoms in total. The fourth-order valence-corrected chi connectivity index (χ4v) is 1.39. The van der Waals surface area contributed by atoms with Crippen LogP contribution in [0, 0.1) is 5.82 Å². The van der Waals surface area contributed by atoms with Crippen molar-refractivity contribution in [3.63, 3.8) is 0 Å². The van der Waals surface area contributed by atoms with Crippen molar-refractivity contribution in [2.75, 3.05) is 0 Å². The number of hydrogen-bond donors (Lipinski definition) is 0. The molecule has 2 rings (SSSR count). The van der Waals surface area contributed by atoms with Crippen LogP contribution in [0.5, 0.6) is 0 Å². The van der Waals surface area contributed by atoms with Gasteiger partial charge in [0.1, 0.15) is 5.82 Å². The first-order valence-corrected chi connectivity index (χ1v) is 4.23. The third kappa shape index (κ3) is 1.93. The van der Waals surface area contributed by atoms with E-state index in [4.69, 9.17) is 0 Å². The van der Waals surface area contributed by atoms with Gasteiger partial charge in [0.25, 0.3) is 0 Å². The van der Waals surface area contributed by atoms with Crippen LogP contribution in [0.25, 0.3) is 10.8 Å². The first kappa shape index (κ1) is 9.96. The molecule has 0 saturated heterocycles. The third-order valence-corrected chi connectivity index (χ3v) is 2.13. The molecule has 0 atom stereocenters. The monoisotopic (exact) mass is 214 g/mol. The van der Waals surface area contributed by atoms with Crippen molar-refractivity contribution in [1.82, 2.24) is 0 Å².